The van der Waals surface area contributed by atoms with Crippen LogP contribution in [0, 0.1) is 17.3 Å². The molecular formula is C16H32N2O2. The second-order valence-corrected chi connectivity index (χ2v) is 7.18. The molecule has 0 aromatic rings. The summed E-state index contributed by atoms with van der Waals surface area (Å²) in [6.45, 7) is 11.3. The van der Waals surface area contributed by atoms with Crippen LogP contribution in [0.2, 0.25) is 0 Å². The number of ether oxygens (including phenoxy) is 1. The van der Waals surface area contributed by atoms with Gasteiger partial charge in [-0.05, 0) is 43.2 Å². The average Bonchev–Trinajstić information content (AvgIpc) is 2.38. The number of carbonyl (C=O) groups is 1. The van der Waals surface area contributed by atoms with Gasteiger partial charge in [-0.25, -0.2) is 0 Å². The lowest BCUT2D eigenvalue weighted by Gasteiger charge is -2.30. The van der Waals surface area contributed by atoms with Crippen molar-refractivity contribution < 1.29 is 9.53 Å². The van der Waals surface area contributed by atoms with Gasteiger partial charge in [-0.1, -0.05) is 27.7 Å². The summed E-state index contributed by atoms with van der Waals surface area (Å²) < 4.78 is 5.46. The van der Waals surface area contributed by atoms with Crippen LogP contribution in [0.1, 0.15) is 47.0 Å². The Bertz CT molecular complexity index is 293. The molecule has 0 bridgehead atoms. The summed E-state index contributed by atoms with van der Waals surface area (Å²) in [7, 11) is 1.71. The summed E-state index contributed by atoms with van der Waals surface area (Å²) >= 11 is 0. The first kappa shape index (κ1) is 17.4. The molecule has 0 aromatic carbocycles. The van der Waals surface area contributed by atoms with E-state index in [1.807, 2.05) is 0 Å². The SMILES string of the molecule is COC(CNC(=O)CC(C)C1CCCNC1)C(C)(C)C. The first-order valence-corrected chi connectivity index (χ1v) is 7.84. The van der Waals surface area contributed by atoms with Crippen LogP contribution in [0.5, 0.6) is 0 Å². The zero-order valence-corrected chi connectivity index (χ0v) is 13.8. The zero-order valence-electron chi connectivity index (χ0n) is 13.8. The van der Waals surface area contributed by atoms with Crippen LogP contribution >= 0.6 is 0 Å². The first-order valence-electron chi connectivity index (χ1n) is 7.84. The van der Waals surface area contributed by atoms with Crippen LogP contribution in [-0.4, -0.2) is 38.8 Å². The molecule has 1 rings (SSSR count). The van der Waals surface area contributed by atoms with Crippen LogP contribution < -0.4 is 10.6 Å². The lowest BCUT2D eigenvalue weighted by molar-refractivity contribution is -0.123. The average molecular weight is 284 g/mol. The van der Waals surface area contributed by atoms with Crippen molar-refractivity contribution in [2.75, 3.05) is 26.7 Å². The van der Waals surface area contributed by atoms with Crippen molar-refractivity contribution in [1.82, 2.24) is 10.6 Å². The molecule has 0 spiro atoms. The molecule has 2 N–H and O–H groups in total. The highest BCUT2D eigenvalue weighted by Crippen LogP contribution is 2.23. The third kappa shape index (κ3) is 5.80. The minimum absolute atomic E-state index is 0.0426. The molecule has 1 aliphatic rings. The molecule has 0 saturated carbocycles. The Balaban J connectivity index is 2.31. The normalized spacial score (nSPS) is 23.1. The predicted octanol–water partition coefficient (Wildman–Crippen LogP) is 2.19. The topological polar surface area (TPSA) is 50.4 Å². The van der Waals surface area contributed by atoms with Crippen LogP contribution in [-0.2, 0) is 9.53 Å². The smallest absolute Gasteiger partial charge is 0.220 e. The van der Waals surface area contributed by atoms with Gasteiger partial charge in [-0.2, -0.15) is 0 Å². The maximum absolute atomic E-state index is 12.1. The molecule has 1 aliphatic heterocycles. The molecule has 1 saturated heterocycles. The Kier molecular flexibility index (Phi) is 6.96. The second-order valence-electron chi connectivity index (χ2n) is 7.18. The van der Waals surface area contributed by atoms with E-state index in [4.69, 9.17) is 4.74 Å². The fourth-order valence-electron chi connectivity index (χ4n) is 2.85. The number of hydrogen-bond donors (Lipinski definition) is 2. The molecule has 1 amide bonds. The summed E-state index contributed by atoms with van der Waals surface area (Å²) in [6, 6.07) is 0. The Labute approximate surface area is 124 Å². The molecule has 0 aromatic heterocycles. The molecular weight excluding hydrogens is 252 g/mol. The highest BCUT2D eigenvalue weighted by molar-refractivity contribution is 5.76. The minimum atomic E-state index is 0.0426. The number of hydrogen-bond acceptors (Lipinski definition) is 3. The largest absolute Gasteiger partial charge is 0.379 e. The molecule has 3 atom stereocenters. The highest BCUT2D eigenvalue weighted by atomic mass is 16.5. The van der Waals surface area contributed by atoms with E-state index in [9.17, 15) is 4.79 Å². The summed E-state index contributed by atoms with van der Waals surface area (Å²) in [4.78, 5) is 12.1. The first-order chi connectivity index (χ1) is 9.34. The Hall–Kier alpha value is -0.610. The van der Waals surface area contributed by atoms with Gasteiger partial charge in [0.25, 0.3) is 0 Å². The van der Waals surface area contributed by atoms with Gasteiger partial charge in [-0.15, -0.1) is 0 Å². The monoisotopic (exact) mass is 284 g/mol. The standard InChI is InChI=1S/C16H32N2O2/c1-12(13-7-6-8-17-10-13)9-15(19)18-11-14(20-5)16(2,3)4/h12-14,17H,6-11H2,1-5H3,(H,18,19). The quantitative estimate of drug-likeness (QED) is 0.786. The number of methoxy groups -OCH3 is 1. The Morgan fingerprint density at radius 3 is 2.65 bits per heavy atom. The van der Waals surface area contributed by atoms with Crippen molar-refractivity contribution in [3.8, 4) is 0 Å². The van der Waals surface area contributed by atoms with E-state index in [0.717, 1.165) is 13.1 Å². The zero-order chi connectivity index (χ0) is 15.2. The number of nitrogens with one attached hydrogen (secondary N) is 2. The van der Waals surface area contributed by atoms with Gasteiger partial charge in [0.15, 0.2) is 0 Å². The number of piperidine rings is 1. The maximum atomic E-state index is 12.1. The van der Waals surface area contributed by atoms with Crippen LogP contribution in [0.3, 0.4) is 0 Å². The fraction of sp³-hybridized carbons (Fsp3) is 0.938. The Morgan fingerprint density at radius 2 is 2.15 bits per heavy atom. The van der Waals surface area contributed by atoms with Gasteiger partial charge in [0, 0.05) is 20.1 Å². The minimum Gasteiger partial charge on any atom is -0.379 e. The molecule has 4 heteroatoms. The third-order valence-electron chi connectivity index (χ3n) is 4.38. The van der Waals surface area contributed by atoms with E-state index in [1.165, 1.54) is 12.8 Å². The van der Waals surface area contributed by atoms with Crippen molar-refractivity contribution >= 4 is 5.91 Å². The molecule has 1 fully saturated rings. The number of carbonyl (C=O) groups excluding carboxylic acids is 1. The lowest BCUT2D eigenvalue weighted by Crippen LogP contribution is -2.41. The highest BCUT2D eigenvalue weighted by Gasteiger charge is 2.26. The molecule has 0 radical (unpaired) electrons. The molecule has 118 valence electrons. The van der Waals surface area contributed by atoms with Crippen LogP contribution in [0.25, 0.3) is 0 Å². The van der Waals surface area contributed by atoms with Crippen molar-refractivity contribution in [3.63, 3.8) is 0 Å². The summed E-state index contributed by atoms with van der Waals surface area (Å²) in [6.07, 6.45) is 3.14. The third-order valence-corrected chi connectivity index (χ3v) is 4.38. The second kappa shape index (κ2) is 7.99. The van der Waals surface area contributed by atoms with Crippen LogP contribution in [0.4, 0.5) is 0 Å². The molecule has 4 nitrogen and oxygen atoms in total. The van der Waals surface area contributed by atoms with E-state index >= 15 is 0 Å². The van der Waals surface area contributed by atoms with E-state index < -0.39 is 0 Å². The van der Waals surface area contributed by atoms with E-state index in [-0.39, 0.29) is 17.4 Å². The lowest BCUT2D eigenvalue weighted by atomic mass is 9.85. The van der Waals surface area contributed by atoms with Gasteiger partial charge >= 0.3 is 0 Å². The van der Waals surface area contributed by atoms with Crippen molar-refractivity contribution in [3.05, 3.63) is 0 Å². The summed E-state index contributed by atoms with van der Waals surface area (Å²) in [5.74, 6) is 1.23. The van der Waals surface area contributed by atoms with Crippen molar-refractivity contribution in [1.29, 1.82) is 0 Å². The fourth-order valence-corrected chi connectivity index (χ4v) is 2.85. The molecule has 20 heavy (non-hydrogen) atoms. The van der Waals surface area contributed by atoms with Gasteiger partial charge in [0.1, 0.15) is 0 Å². The van der Waals surface area contributed by atoms with Gasteiger partial charge in [0.05, 0.1) is 6.10 Å². The molecule has 3 unspecified atom stereocenters. The van der Waals surface area contributed by atoms with Gasteiger partial charge in [0.2, 0.25) is 5.91 Å². The van der Waals surface area contributed by atoms with Crippen LogP contribution in [0.15, 0.2) is 0 Å². The predicted molar refractivity (Wildman–Crippen MR) is 82.6 cm³/mol. The number of amides is 1. The van der Waals surface area contributed by atoms with E-state index in [1.54, 1.807) is 7.11 Å². The van der Waals surface area contributed by atoms with E-state index in [0.29, 0.717) is 24.8 Å². The summed E-state index contributed by atoms with van der Waals surface area (Å²) in [5.41, 5.74) is 0.0426. The molecule has 1 heterocycles. The van der Waals surface area contributed by atoms with Crippen molar-refractivity contribution in [2.45, 2.75) is 53.1 Å². The van der Waals surface area contributed by atoms with Gasteiger partial charge < -0.3 is 15.4 Å². The Morgan fingerprint density at radius 1 is 1.45 bits per heavy atom. The van der Waals surface area contributed by atoms with Crippen molar-refractivity contribution in [2.24, 2.45) is 17.3 Å². The van der Waals surface area contributed by atoms with Gasteiger partial charge in [-0.3, -0.25) is 4.79 Å². The summed E-state index contributed by atoms with van der Waals surface area (Å²) in [5, 5.41) is 6.44. The van der Waals surface area contributed by atoms with E-state index in [2.05, 4.69) is 38.3 Å². The maximum Gasteiger partial charge on any atom is 0.220 e. The molecule has 0 aliphatic carbocycles. The number of rotatable bonds is 6.